The molecule has 0 amide bonds. The molecule has 1 atom stereocenters. The molecule has 23 heavy (non-hydrogen) atoms. The summed E-state index contributed by atoms with van der Waals surface area (Å²) in [6.45, 7) is 1.06. The second-order valence-electron chi connectivity index (χ2n) is 6.83. The lowest BCUT2D eigenvalue weighted by molar-refractivity contribution is 0.453. The summed E-state index contributed by atoms with van der Waals surface area (Å²) in [4.78, 5) is 1.94. The number of nitrogens with one attached hydrogen (secondary N) is 1. The molecule has 1 aliphatic carbocycles. The zero-order valence-electron chi connectivity index (χ0n) is 13.6. The van der Waals surface area contributed by atoms with Gasteiger partial charge in [-0.05, 0) is 60.7 Å². The molecule has 4 rings (SSSR count). The molecule has 1 heterocycles. The van der Waals surface area contributed by atoms with Crippen LogP contribution >= 0.6 is 0 Å². The standard InChI is InChI=1S/C20H23FN2/c1-23(20-5-3-2-4-18(20)21)16-9-8-15-10-11-22-19(17(15)13-16)12-14-6-7-14/h2-5,8-9,13-14,19,22H,6-7,10-12H2,1H3. The van der Waals surface area contributed by atoms with Crippen molar-refractivity contribution < 1.29 is 4.39 Å². The van der Waals surface area contributed by atoms with Crippen molar-refractivity contribution in [1.29, 1.82) is 0 Å². The van der Waals surface area contributed by atoms with Crippen molar-refractivity contribution in [2.45, 2.75) is 31.7 Å². The van der Waals surface area contributed by atoms with E-state index in [-0.39, 0.29) is 5.82 Å². The number of hydrogen-bond donors (Lipinski definition) is 1. The number of halogens is 1. The van der Waals surface area contributed by atoms with E-state index in [0.29, 0.717) is 11.7 Å². The second-order valence-corrected chi connectivity index (χ2v) is 6.83. The van der Waals surface area contributed by atoms with Crippen LogP contribution in [0.2, 0.25) is 0 Å². The first-order valence-electron chi connectivity index (χ1n) is 8.57. The Morgan fingerprint density at radius 3 is 2.78 bits per heavy atom. The van der Waals surface area contributed by atoms with Crippen molar-refractivity contribution in [2.24, 2.45) is 5.92 Å². The van der Waals surface area contributed by atoms with Gasteiger partial charge < -0.3 is 10.2 Å². The van der Waals surface area contributed by atoms with Gasteiger partial charge in [-0.2, -0.15) is 0 Å². The highest BCUT2D eigenvalue weighted by Crippen LogP contribution is 2.40. The van der Waals surface area contributed by atoms with E-state index in [1.165, 1.54) is 36.5 Å². The van der Waals surface area contributed by atoms with Crippen LogP contribution in [0.4, 0.5) is 15.8 Å². The highest BCUT2D eigenvalue weighted by Gasteiger charge is 2.29. The van der Waals surface area contributed by atoms with E-state index in [4.69, 9.17) is 0 Å². The minimum absolute atomic E-state index is 0.180. The smallest absolute Gasteiger partial charge is 0.146 e. The van der Waals surface area contributed by atoms with E-state index in [1.54, 1.807) is 6.07 Å². The van der Waals surface area contributed by atoms with Crippen LogP contribution in [-0.4, -0.2) is 13.6 Å². The van der Waals surface area contributed by atoms with E-state index >= 15 is 0 Å². The lowest BCUT2D eigenvalue weighted by Crippen LogP contribution is -2.30. The minimum atomic E-state index is -0.180. The first kappa shape index (κ1) is 14.7. The van der Waals surface area contributed by atoms with Crippen LogP contribution < -0.4 is 10.2 Å². The van der Waals surface area contributed by atoms with Crippen LogP contribution in [-0.2, 0) is 6.42 Å². The molecule has 2 aliphatic rings. The van der Waals surface area contributed by atoms with Crippen LogP contribution in [0, 0.1) is 11.7 Å². The fourth-order valence-electron chi connectivity index (χ4n) is 3.59. The van der Waals surface area contributed by atoms with Crippen LogP contribution in [0.3, 0.4) is 0 Å². The zero-order chi connectivity index (χ0) is 15.8. The maximum Gasteiger partial charge on any atom is 0.146 e. The third-order valence-electron chi connectivity index (χ3n) is 5.16. The summed E-state index contributed by atoms with van der Waals surface area (Å²) in [6.07, 6.45) is 5.07. The van der Waals surface area contributed by atoms with Gasteiger partial charge >= 0.3 is 0 Å². The minimum Gasteiger partial charge on any atom is -0.342 e. The van der Waals surface area contributed by atoms with Crippen molar-refractivity contribution in [1.82, 2.24) is 5.32 Å². The SMILES string of the molecule is CN(c1ccc2c(c1)C(CC1CC1)NCC2)c1ccccc1F. The average Bonchev–Trinajstić information content (AvgIpc) is 3.39. The zero-order valence-corrected chi connectivity index (χ0v) is 13.6. The summed E-state index contributed by atoms with van der Waals surface area (Å²) in [5.41, 5.74) is 4.53. The van der Waals surface area contributed by atoms with Gasteiger partial charge in [-0.25, -0.2) is 4.39 Å². The van der Waals surface area contributed by atoms with Gasteiger partial charge in [0.15, 0.2) is 0 Å². The topological polar surface area (TPSA) is 15.3 Å². The van der Waals surface area contributed by atoms with Gasteiger partial charge in [-0.15, -0.1) is 0 Å². The Morgan fingerprint density at radius 2 is 2.00 bits per heavy atom. The Kier molecular flexibility index (Phi) is 3.82. The molecule has 0 aromatic heterocycles. The summed E-state index contributed by atoms with van der Waals surface area (Å²) < 4.78 is 14.1. The number of hydrogen-bond acceptors (Lipinski definition) is 2. The molecule has 0 bridgehead atoms. The van der Waals surface area contributed by atoms with E-state index < -0.39 is 0 Å². The third-order valence-corrected chi connectivity index (χ3v) is 5.16. The Hall–Kier alpha value is -1.87. The van der Waals surface area contributed by atoms with Crippen LogP contribution in [0.5, 0.6) is 0 Å². The Bertz CT molecular complexity index is 709. The van der Waals surface area contributed by atoms with E-state index in [9.17, 15) is 4.39 Å². The molecule has 1 aliphatic heterocycles. The van der Waals surface area contributed by atoms with Gasteiger partial charge in [-0.3, -0.25) is 0 Å². The second kappa shape index (κ2) is 5.97. The molecular formula is C20H23FN2. The number of nitrogens with zero attached hydrogens (tertiary/aromatic N) is 1. The molecule has 1 fully saturated rings. The molecule has 2 aromatic rings. The van der Waals surface area contributed by atoms with Crippen molar-refractivity contribution in [3.05, 3.63) is 59.4 Å². The van der Waals surface area contributed by atoms with Crippen LogP contribution in [0.25, 0.3) is 0 Å². The van der Waals surface area contributed by atoms with E-state index in [1.807, 2.05) is 24.1 Å². The average molecular weight is 310 g/mol. The van der Waals surface area contributed by atoms with Gasteiger partial charge in [0, 0.05) is 18.8 Å². The first-order chi connectivity index (χ1) is 11.2. The maximum absolute atomic E-state index is 14.1. The van der Waals surface area contributed by atoms with Crippen molar-refractivity contribution in [3.63, 3.8) is 0 Å². The molecule has 1 N–H and O–H groups in total. The molecule has 2 nitrogen and oxygen atoms in total. The number of fused-ring (bicyclic) bond motifs is 1. The number of rotatable bonds is 4. The normalized spacial score (nSPS) is 20.2. The van der Waals surface area contributed by atoms with Gasteiger partial charge in [0.1, 0.15) is 5.82 Å². The maximum atomic E-state index is 14.1. The Balaban J connectivity index is 1.66. The highest BCUT2D eigenvalue weighted by atomic mass is 19.1. The van der Waals surface area contributed by atoms with Crippen molar-refractivity contribution in [2.75, 3.05) is 18.5 Å². The molecule has 0 saturated heterocycles. The summed E-state index contributed by atoms with van der Waals surface area (Å²) in [7, 11) is 1.94. The third kappa shape index (κ3) is 2.98. The Labute approximate surface area is 137 Å². The van der Waals surface area contributed by atoms with Gasteiger partial charge in [-0.1, -0.05) is 31.0 Å². The summed E-state index contributed by atoms with van der Waals surface area (Å²) >= 11 is 0. The molecule has 1 saturated carbocycles. The fraction of sp³-hybridized carbons (Fsp3) is 0.400. The summed E-state index contributed by atoms with van der Waals surface area (Å²) in [5, 5.41) is 3.67. The Morgan fingerprint density at radius 1 is 1.17 bits per heavy atom. The molecule has 0 radical (unpaired) electrons. The van der Waals surface area contributed by atoms with Crippen LogP contribution in [0.15, 0.2) is 42.5 Å². The summed E-state index contributed by atoms with van der Waals surface area (Å²) in [5.74, 6) is 0.715. The molecule has 120 valence electrons. The molecule has 2 aromatic carbocycles. The monoisotopic (exact) mass is 310 g/mol. The largest absolute Gasteiger partial charge is 0.342 e. The number of anilines is 2. The molecular weight excluding hydrogens is 287 g/mol. The molecule has 1 unspecified atom stereocenters. The summed E-state index contributed by atoms with van der Waals surface area (Å²) in [6, 6.07) is 14.0. The fourth-order valence-corrected chi connectivity index (χ4v) is 3.59. The van der Waals surface area contributed by atoms with Crippen LogP contribution in [0.1, 0.15) is 36.4 Å². The van der Waals surface area contributed by atoms with Gasteiger partial charge in [0.05, 0.1) is 5.69 Å². The predicted octanol–water partition coefficient (Wildman–Crippen LogP) is 4.58. The lowest BCUT2D eigenvalue weighted by Gasteiger charge is -2.29. The molecule has 0 spiro atoms. The number of para-hydroxylation sites is 1. The number of benzene rings is 2. The quantitative estimate of drug-likeness (QED) is 0.889. The van der Waals surface area contributed by atoms with Gasteiger partial charge in [0.2, 0.25) is 0 Å². The van der Waals surface area contributed by atoms with E-state index in [2.05, 4.69) is 23.5 Å². The van der Waals surface area contributed by atoms with E-state index in [0.717, 1.165) is 24.6 Å². The predicted molar refractivity (Wildman–Crippen MR) is 92.7 cm³/mol. The van der Waals surface area contributed by atoms with Crippen molar-refractivity contribution in [3.8, 4) is 0 Å². The van der Waals surface area contributed by atoms with Crippen molar-refractivity contribution >= 4 is 11.4 Å². The van der Waals surface area contributed by atoms with Gasteiger partial charge in [0.25, 0.3) is 0 Å². The lowest BCUT2D eigenvalue weighted by atomic mass is 9.90. The molecule has 3 heteroatoms. The highest BCUT2D eigenvalue weighted by molar-refractivity contribution is 5.64. The first-order valence-corrected chi connectivity index (χ1v) is 8.57.